The van der Waals surface area contributed by atoms with Crippen LogP contribution in [0.2, 0.25) is 10.0 Å². The fraction of sp³-hybridized carbons (Fsp3) is 0.481. The van der Waals surface area contributed by atoms with Crippen LogP contribution in [0.5, 0.6) is 0 Å². The number of halogens is 2. The molecule has 1 aliphatic carbocycles. The van der Waals surface area contributed by atoms with Crippen molar-refractivity contribution in [2.75, 3.05) is 12.4 Å². The van der Waals surface area contributed by atoms with Gasteiger partial charge in [0, 0.05) is 37.4 Å². The summed E-state index contributed by atoms with van der Waals surface area (Å²) in [6.07, 6.45) is 0.970. The van der Waals surface area contributed by atoms with Crippen molar-refractivity contribution < 1.29 is 18.5 Å². The van der Waals surface area contributed by atoms with Crippen LogP contribution < -0.4 is 5.73 Å². The van der Waals surface area contributed by atoms with Crippen molar-refractivity contribution in [1.29, 1.82) is 0 Å². The molecule has 196 valence electrons. The smallest absolute Gasteiger partial charge is 0.253 e. The van der Waals surface area contributed by atoms with Gasteiger partial charge in [-0.05, 0) is 69.4 Å². The molecule has 0 spiro atoms. The Balaban J connectivity index is 0.000000444. The Morgan fingerprint density at radius 2 is 1.67 bits per heavy atom. The number of hydrogen-bond acceptors (Lipinski definition) is 4. The summed E-state index contributed by atoms with van der Waals surface area (Å²) in [5, 5.41) is 1.41. The largest absolute Gasteiger partial charge is 0.370 e. The van der Waals surface area contributed by atoms with Crippen LogP contribution in [0.4, 0.5) is 0 Å². The van der Waals surface area contributed by atoms with Crippen molar-refractivity contribution in [3.63, 3.8) is 0 Å². The maximum absolute atomic E-state index is 13.4. The summed E-state index contributed by atoms with van der Waals surface area (Å²) in [4.78, 5) is 26.6. The zero-order valence-corrected chi connectivity index (χ0v) is 23.2. The number of rotatable bonds is 7. The highest BCUT2D eigenvalue weighted by atomic mass is 35.5. The molecular weight excluding hydrogens is 519 g/mol. The number of carbonyl (C=O) groups excluding carboxylic acids is 2. The van der Waals surface area contributed by atoms with Gasteiger partial charge in [-0.1, -0.05) is 53.5 Å². The second-order valence-electron chi connectivity index (χ2n) is 10.1. The molecule has 2 N–H and O–H groups in total. The molecule has 36 heavy (non-hydrogen) atoms. The van der Waals surface area contributed by atoms with Gasteiger partial charge in [0.05, 0.1) is 19.1 Å². The maximum Gasteiger partial charge on any atom is 0.253 e. The standard InChI is InChI=1S/C21H29ClN2O4S.C6H5Cl/c1-21(2,3)29(27)12-17(14-4-5-14)24-16(13-6-8-15(22)9-7-13)11-28-18(20(24)26)10-19(23)25;7-6-4-2-1-3-5-6/h6-9,14,16-18H,4-5,10-12H2,1-3H3,(H2,23,25);1-5H. The summed E-state index contributed by atoms with van der Waals surface area (Å²) < 4.78 is 18.3. The molecular formula is C27H34Cl2N2O4S. The monoisotopic (exact) mass is 552 g/mol. The van der Waals surface area contributed by atoms with Crippen molar-refractivity contribution in [2.45, 2.75) is 63.0 Å². The van der Waals surface area contributed by atoms with E-state index in [9.17, 15) is 13.8 Å². The maximum atomic E-state index is 13.4. The molecule has 1 aliphatic heterocycles. The number of hydrogen-bond donors (Lipinski definition) is 1. The first kappa shape index (κ1) is 28.6. The van der Waals surface area contributed by atoms with Gasteiger partial charge in [0.1, 0.15) is 6.10 Å². The molecule has 2 fully saturated rings. The molecule has 0 aromatic heterocycles. The molecule has 1 saturated heterocycles. The molecule has 1 saturated carbocycles. The van der Waals surface area contributed by atoms with Crippen LogP contribution in [0.25, 0.3) is 0 Å². The summed E-state index contributed by atoms with van der Waals surface area (Å²) >= 11 is 11.6. The zero-order valence-electron chi connectivity index (χ0n) is 20.9. The van der Waals surface area contributed by atoms with Gasteiger partial charge < -0.3 is 15.4 Å². The summed E-state index contributed by atoms with van der Waals surface area (Å²) in [5.74, 6) is -0.104. The third kappa shape index (κ3) is 8.04. The molecule has 4 rings (SSSR count). The number of morpholine rings is 1. The molecule has 4 unspecified atom stereocenters. The van der Waals surface area contributed by atoms with E-state index < -0.39 is 22.8 Å². The Kier molecular flexibility index (Phi) is 9.98. The minimum atomic E-state index is -1.11. The predicted octanol–water partition coefficient (Wildman–Crippen LogP) is 5.15. The first-order chi connectivity index (χ1) is 17.0. The van der Waals surface area contributed by atoms with Gasteiger partial charge in [-0.2, -0.15) is 0 Å². The molecule has 2 aromatic carbocycles. The molecule has 2 amide bonds. The SMILES string of the molecule is CC(C)(C)S(=O)CC(C1CC1)N1C(=O)C(CC(N)=O)OCC1c1ccc(Cl)cc1.Clc1ccccc1. The van der Waals surface area contributed by atoms with Gasteiger partial charge in [0.25, 0.3) is 5.91 Å². The minimum absolute atomic E-state index is 0.150. The van der Waals surface area contributed by atoms with Crippen LogP contribution >= 0.6 is 23.2 Å². The zero-order chi connectivity index (χ0) is 26.5. The van der Waals surface area contributed by atoms with Crippen LogP contribution in [0.1, 0.15) is 51.6 Å². The minimum Gasteiger partial charge on any atom is -0.370 e. The van der Waals surface area contributed by atoms with E-state index >= 15 is 0 Å². The molecule has 0 bridgehead atoms. The van der Waals surface area contributed by atoms with Crippen molar-refractivity contribution in [3.05, 3.63) is 70.2 Å². The Hall–Kier alpha value is -1.93. The molecule has 2 aliphatic rings. The van der Waals surface area contributed by atoms with E-state index in [0.717, 1.165) is 23.4 Å². The van der Waals surface area contributed by atoms with E-state index in [1.807, 2.05) is 68.1 Å². The average Bonchev–Trinajstić information content (AvgIpc) is 3.65. The van der Waals surface area contributed by atoms with Crippen LogP contribution in [0, 0.1) is 5.92 Å². The number of nitrogens with two attached hydrogens (primary N) is 1. The quantitative estimate of drug-likeness (QED) is 0.514. The second kappa shape index (κ2) is 12.5. The van der Waals surface area contributed by atoms with E-state index in [2.05, 4.69) is 0 Å². The number of benzene rings is 2. The number of nitrogens with zero attached hydrogens (tertiary/aromatic N) is 1. The Morgan fingerprint density at radius 1 is 1.08 bits per heavy atom. The fourth-order valence-corrected chi connectivity index (χ4v) is 5.60. The van der Waals surface area contributed by atoms with Crippen LogP contribution in [0.15, 0.2) is 54.6 Å². The summed E-state index contributed by atoms with van der Waals surface area (Å²) in [6.45, 7) is 6.10. The topological polar surface area (TPSA) is 89.7 Å². The second-order valence-corrected chi connectivity index (χ2v) is 13.3. The lowest BCUT2D eigenvalue weighted by Gasteiger charge is -2.44. The lowest BCUT2D eigenvalue weighted by molar-refractivity contribution is -0.166. The molecule has 2 aromatic rings. The van der Waals surface area contributed by atoms with E-state index in [-0.39, 0.29) is 35.8 Å². The van der Waals surface area contributed by atoms with Crippen LogP contribution in [-0.4, -0.2) is 50.2 Å². The Bertz CT molecular complexity index is 1060. The van der Waals surface area contributed by atoms with Crippen molar-refractivity contribution in [3.8, 4) is 0 Å². The predicted molar refractivity (Wildman–Crippen MR) is 145 cm³/mol. The molecule has 0 radical (unpaired) electrons. The van der Waals surface area contributed by atoms with Gasteiger partial charge >= 0.3 is 0 Å². The fourth-order valence-electron chi connectivity index (χ4n) is 4.09. The number of carbonyl (C=O) groups is 2. The number of amides is 2. The molecule has 6 nitrogen and oxygen atoms in total. The Morgan fingerprint density at radius 3 is 2.14 bits per heavy atom. The van der Waals surface area contributed by atoms with Crippen molar-refractivity contribution in [2.24, 2.45) is 11.7 Å². The average molecular weight is 554 g/mol. The van der Waals surface area contributed by atoms with Crippen LogP contribution in [-0.2, 0) is 25.1 Å². The van der Waals surface area contributed by atoms with Crippen molar-refractivity contribution >= 4 is 45.8 Å². The normalized spacial score (nSPS) is 21.8. The van der Waals surface area contributed by atoms with Gasteiger partial charge in [-0.3, -0.25) is 13.8 Å². The Labute approximate surface area is 225 Å². The lowest BCUT2D eigenvalue weighted by Crippen LogP contribution is -2.57. The first-order valence-corrected chi connectivity index (χ1v) is 14.1. The third-order valence-electron chi connectivity index (χ3n) is 6.22. The molecule has 4 atom stereocenters. The first-order valence-electron chi connectivity index (χ1n) is 12.0. The van der Waals surface area contributed by atoms with Crippen LogP contribution in [0.3, 0.4) is 0 Å². The van der Waals surface area contributed by atoms with Gasteiger partial charge in [-0.25, -0.2) is 0 Å². The van der Waals surface area contributed by atoms with E-state index in [0.29, 0.717) is 16.7 Å². The molecule has 1 heterocycles. The summed E-state index contributed by atoms with van der Waals surface area (Å²) in [6, 6.07) is 16.3. The highest BCUT2D eigenvalue weighted by Crippen LogP contribution is 2.41. The molecule has 9 heteroatoms. The van der Waals surface area contributed by atoms with E-state index in [1.165, 1.54) is 0 Å². The van der Waals surface area contributed by atoms with E-state index in [4.69, 9.17) is 33.7 Å². The summed E-state index contributed by atoms with van der Waals surface area (Å²) in [7, 11) is -1.11. The highest BCUT2D eigenvalue weighted by Gasteiger charge is 2.47. The third-order valence-corrected chi connectivity index (χ3v) is 8.74. The number of primary amides is 1. The van der Waals surface area contributed by atoms with Gasteiger partial charge in [-0.15, -0.1) is 0 Å². The van der Waals surface area contributed by atoms with E-state index in [1.54, 1.807) is 12.1 Å². The highest BCUT2D eigenvalue weighted by molar-refractivity contribution is 7.86. The lowest BCUT2D eigenvalue weighted by atomic mass is 9.98. The number of ether oxygens (including phenoxy) is 1. The van der Waals surface area contributed by atoms with Gasteiger partial charge in [0.2, 0.25) is 5.91 Å². The summed E-state index contributed by atoms with van der Waals surface area (Å²) in [5.41, 5.74) is 6.24. The van der Waals surface area contributed by atoms with Gasteiger partial charge in [0.15, 0.2) is 0 Å². The van der Waals surface area contributed by atoms with Crippen molar-refractivity contribution in [1.82, 2.24) is 4.90 Å².